The molecule has 2 heterocycles. The highest BCUT2D eigenvalue weighted by molar-refractivity contribution is 5.65. The Kier molecular flexibility index (Phi) is 2.74. The van der Waals surface area contributed by atoms with Crippen LogP contribution in [0.1, 0.15) is 40.8 Å². The molecule has 0 N–H and O–H groups in total. The van der Waals surface area contributed by atoms with Gasteiger partial charge in [-0.05, 0) is 49.1 Å². The van der Waals surface area contributed by atoms with Gasteiger partial charge in [-0.3, -0.25) is 4.98 Å². The van der Waals surface area contributed by atoms with Crippen molar-refractivity contribution in [2.75, 3.05) is 0 Å². The van der Waals surface area contributed by atoms with Crippen molar-refractivity contribution in [3.05, 3.63) is 53.2 Å². The van der Waals surface area contributed by atoms with Crippen molar-refractivity contribution in [1.29, 1.82) is 0 Å². The van der Waals surface area contributed by atoms with Gasteiger partial charge >= 0.3 is 0 Å². The highest BCUT2D eigenvalue weighted by atomic mass is 16.3. The maximum Gasteiger partial charge on any atom is 0.127 e. The Morgan fingerprint density at radius 1 is 1.44 bits per heavy atom. The molecule has 1 aliphatic rings. The number of aldehydes is 1. The second kappa shape index (κ2) is 4.41. The molecule has 0 aromatic carbocycles. The molecule has 0 bridgehead atoms. The topological polar surface area (TPSA) is 43.1 Å². The number of furan rings is 1. The number of pyridine rings is 1. The monoisotopic (exact) mass is 241 g/mol. The largest absolute Gasteiger partial charge is 0.469 e. The van der Waals surface area contributed by atoms with Gasteiger partial charge in [0.1, 0.15) is 12.0 Å². The first-order valence-corrected chi connectivity index (χ1v) is 6.22. The summed E-state index contributed by atoms with van der Waals surface area (Å²) in [6.45, 7) is 2.05. The van der Waals surface area contributed by atoms with Gasteiger partial charge in [0, 0.05) is 23.7 Å². The van der Waals surface area contributed by atoms with Crippen LogP contribution in [0.3, 0.4) is 0 Å². The van der Waals surface area contributed by atoms with E-state index in [-0.39, 0.29) is 11.8 Å². The Balaban J connectivity index is 2.02. The van der Waals surface area contributed by atoms with E-state index in [1.165, 1.54) is 0 Å². The minimum Gasteiger partial charge on any atom is -0.469 e. The van der Waals surface area contributed by atoms with E-state index in [9.17, 15) is 4.79 Å². The summed E-state index contributed by atoms with van der Waals surface area (Å²) in [5.41, 5.74) is 3.32. The predicted molar refractivity (Wildman–Crippen MR) is 67.5 cm³/mol. The van der Waals surface area contributed by atoms with Crippen molar-refractivity contribution in [3.8, 4) is 0 Å². The molecule has 3 rings (SSSR count). The molecule has 0 fully saturated rings. The Labute approximate surface area is 106 Å². The van der Waals surface area contributed by atoms with Crippen LogP contribution in [0.25, 0.3) is 0 Å². The standard InChI is InChI=1S/C15H15NO2/c1-10-4-5-16-13-8-11(14-3-2-6-18-14)7-12(9-17)15(10)13/h2-6,9,11-12H,7-8H2,1H3. The van der Waals surface area contributed by atoms with Gasteiger partial charge in [0.15, 0.2) is 0 Å². The van der Waals surface area contributed by atoms with Gasteiger partial charge in [-0.1, -0.05) is 0 Å². The van der Waals surface area contributed by atoms with Crippen LogP contribution >= 0.6 is 0 Å². The first-order chi connectivity index (χ1) is 8.79. The maximum absolute atomic E-state index is 11.3. The van der Waals surface area contributed by atoms with E-state index in [4.69, 9.17) is 4.42 Å². The molecular formula is C15H15NO2. The SMILES string of the molecule is Cc1ccnc2c1C(C=O)CC(c1ccco1)C2. The number of aromatic nitrogens is 1. The Bertz CT molecular complexity index is 560. The summed E-state index contributed by atoms with van der Waals surface area (Å²) in [6, 6.07) is 5.85. The van der Waals surface area contributed by atoms with Gasteiger partial charge < -0.3 is 9.21 Å². The van der Waals surface area contributed by atoms with Crippen molar-refractivity contribution in [1.82, 2.24) is 4.98 Å². The molecule has 18 heavy (non-hydrogen) atoms. The number of rotatable bonds is 2. The number of aryl methyl sites for hydroxylation is 1. The first-order valence-electron chi connectivity index (χ1n) is 6.22. The molecule has 0 aliphatic heterocycles. The third-order valence-electron chi connectivity index (χ3n) is 3.75. The van der Waals surface area contributed by atoms with Crippen molar-refractivity contribution >= 4 is 6.29 Å². The second-order valence-electron chi connectivity index (χ2n) is 4.88. The summed E-state index contributed by atoms with van der Waals surface area (Å²) in [5, 5.41) is 0. The van der Waals surface area contributed by atoms with Gasteiger partial charge in [-0.15, -0.1) is 0 Å². The lowest BCUT2D eigenvalue weighted by atomic mass is 9.77. The number of hydrogen-bond acceptors (Lipinski definition) is 3. The molecule has 1 aliphatic carbocycles. The third kappa shape index (κ3) is 1.76. The van der Waals surface area contributed by atoms with Crippen LogP contribution in [0, 0.1) is 6.92 Å². The van der Waals surface area contributed by atoms with Crippen LogP contribution in [0.15, 0.2) is 35.1 Å². The summed E-state index contributed by atoms with van der Waals surface area (Å²) in [4.78, 5) is 15.8. The quantitative estimate of drug-likeness (QED) is 0.759. The summed E-state index contributed by atoms with van der Waals surface area (Å²) < 4.78 is 5.47. The lowest BCUT2D eigenvalue weighted by molar-refractivity contribution is -0.109. The van der Waals surface area contributed by atoms with Gasteiger partial charge in [0.05, 0.1) is 6.26 Å². The zero-order valence-electron chi connectivity index (χ0n) is 10.3. The lowest BCUT2D eigenvalue weighted by Crippen LogP contribution is -2.20. The first kappa shape index (κ1) is 11.2. The Hall–Kier alpha value is -1.90. The average Bonchev–Trinajstić information content (AvgIpc) is 2.91. The molecule has 2 aromatic rings. The van der Waals surface area contributed by atoms with Gasteiger partial charge in [0.25, 0.3) is 0 Å². The molecular weight excluding hydrogens is 226 g/mol. The van der Waals surface area contributed by atoms with E-state index in [1.807, 2.05) is 31.3 Å². The number of carbonyl (C=O) groups excluding carboxylic acids is 1. The molecule has 2 unspecified atom stereocenters. The molecule has 2 atom stereocenters. The van der Waals surface area contributed by atoms with Gasteiger partial charge in [0.2, 0.25) is 0 Å². The highest BCUT2D eigenvalue weighted by Gasteiger charge is 2.30. The Morgan fingerprint density at radius 2 is 2.33 bits per heavy atom. The minimum absolute atomic E-state index is 0.0578. The fourth-order valence-electron chi connectivity index (χ4n) is 2.90. The summed E-state index contributed by atoms with van der Waals surface area (Å²) >= 11 is 0. The normalized spacial score (nSPS) is 22.5. The maximum atomic E-state index is 11.3. The molecule has 0 saturated heterocycles. The average molecular weight is 241 g/mol. The smallest absolute Gasteiger partial charge is 0.127 e. The fraction of sp³-hybridized carbons (Fsp3) is 0.333. The molecule has 0 radical (unpaired) electrons. The molecule has 2 aromatic heterocycles. The molecule has 0 spiro atoms. The van der Waals surface area contributed by atoms with Crippen LogP contribution < -0.4 is 0 Å². The molecule has 0 saturated carbocycles. The number of hydrogen-bond donors (Lipinski definition) is 0. The summed E-state index contributed by atoms with van der Waals surface area (Å²) in [6.07, 6.45) is 6.22. The number of fused-ring (bicyclic) bond motifs is 1. The van der Waals surface area contributed by atoms with E-state index in [1.54, 1.807) is 6.26 Å². The zero-order chi connectivity index (χ0) is 12.5. The molecule has 3 heteroatoms. The summed E-state index contributed by atoms with van der Waals surface area (Å²) in [7, 11) is 0. The molecule has 92 valence electrons. The lowest BCUT2D eigenvalue weighted by Gasteiger charge is -2.28. The third-order valence-corrected chi connectivity index (χ3v) is 3.75. The van der Waals surface area contributed by atoms with Crippen LogP contribution in [-0.4, -0.2) is 11.3 Å². The summed E-state index contributed by atoms with van der Waals surface area (Å²) in [5.74, 6) is 1.16. The van der Waals surface area contributed by atoms with Crippen LogP contribution in [0.5, 0.6) is 0 Å². The van der Waals surface area contributed by atoms with E-state index >= 15 is 0 Å². The van der Waals surface area contributed by atoms with Crippen molar-refractivity contribution < 1.29 is 9.21 Å². The van der Waals surface area contributed by atoms with Crippen molar-refractivity contribution in [2.24, 2.45) is 0 Å². The molecule has 0 amide bonds. The van der Waals surface area contributed by atoms with Crippen LogP contribution in [0.4, 0.5) is 0 Å². The Morgan fingerprint density at radius 3 is 3.06 bits per heavy atom. The van der Waals surface area contributed by atoms with Crippen molar-refractivity contribution in [3.63, 3.8) is 0 Å². The van der Waals surface area contributed by atoms with Crippen LogP contribution in [0.2, 0.25) is 0 Å². The molecule has 3 nitrogen and oxygen atoms in total. The second-order valence-corrected chi connectivity index (χ2v) is 4.88. The van der Waals surface area contributed by atoms with Gasteiger partial charge in [-0.2, -0.15) is 0 Å². The van der Waals surface area contributed by atoms with E-state index in [0.717, 1.165) is 41.7 Å². The number of nitrogens with zero attached hydrogens (tertiary/aromatic N) is 1. The highest BCUT2D eigenvalue weighted by Crippen LogP contribution is 2.39. The number of carbonyl (C=O) groups is 1. The van der Waals surface area contributed by atoms with E-state index < -0.39 is 0 Å². The van der Waals surface area contributed by atoms with Crippen molar-refractivity contribution in [2.45, 2.75) is 31.6 Å². The minimum atomic E-state index is -0.0578. The zero-order valence-corrected chi connectivity index (χ0v) is 10.3. The predicted octanol–water partition coefficient (Wildman–Crippen LogP) is 3.00. The van der Waals surface area contributed by atoms with Crippen LogP contribution in [-0.2, 0) is 11.2 Å². The van der Waals surface area contributed by atoms with E-state index in [0.29, 0.717) is 0 Å². The van der Waals surface area contributed by atoms with E-state index in [2.05, 4.69) is 4.98 Å². The fourth-order valence-corrected chi connectivity index (χ4v) is 2.90. The van der Waals surface area contributed by atoms with Gasteiger partial charge in [-0.25, -0.2) is 0 Å².